The molecule has 170 valence electrons. The minimum atomic E-state index is -0.172. The van der Waals surface area contributed by atoms with Crippen molar-refractivity contribution in [1.82, 2.24) is 24.5 Å². The van der Waals surface area contributed by atoms with Gasteiger partial charge in [0.2, 0.25) is 0 Å². The minimum absolute atomic E-state index is 0.172. The van der Waals surface area contributed by atoms with E-state index in [0.717, 1.165) is 34.3 Å². The van der Waals surface area contributed by atoms with Crippen LogP contribution in [0.3, 0.4) is 0 Å². The summed E-state index contributed by atoms with van der Waals surface area (Å²) in [6, 6.07) is 14.8. The Bertz CT molecular complexity index is 1270. The highest BCUT2D eigenvalue weighted by atomic mass is 15.1. The van der Waals surface area contributed by atoms with E-state index in [4.69, 9.17) is 15.0 Å². The van der Waals surface area contributed by atoms with Crippen LogP contribution in [0.25, 0.3) is 28.5 Å². The summed E-state index contributed by atoms with van der Waals surface area (Å²) in [6.07, 6.45) is 3.86. The Kier molecular flexibility index (Phi) is 5.69. The van der Waals surface area contributed by atoms with E-state index in [1.807, 2.05) is 18.5 Å². The Balaban J connectivity index is 1.84. The maximum absolute atomic E-state index is 4.87. The van der Waals surface area contributed by atoms with E-state index in [2.05, 4.69) is 101 Å². The number of nitrogens with zero attached hydrogens (tertiary/aromatic N) is 5. The molecule has 0 fully saturated rings. The summed E-state index contributed by atoms with van der Waals surface area (Å²) < 4.78 is 2.14. The second-order valence-electron chi connectivity index (χ2n) is 10.8. The molecule has 4 aromatic rings. The molecule has 33 heavy (non-hydrogen) atoms. The zero-order chi connectivity index (χ0) is 24.0. The number of benzene rings is 2. The molecule has 2 heterocycles. The average molecular weight is 440 g/mol. The molecule has 0 radical (unpaired) electrons. The number of hydrogen-bond donors (Lipinski definition) is 0. The van der Waals surface area contributed by atoms with E-state index in [1.165, 1.54) is 11.1 Å². The van der Waals surface area contributed by atoms with Gasteiger partial charge in [0.05, 0.1) is 0 Å². The smallest absolute Gasteiger partial charge is 0.163 e. The van der Waals surface area contributed by atoms with Gasteiger partial charge in [0.1, 0.15) is 17.5 Å². The van der Waals surface area contributed by atoms with Gasteiger partial charge in [-0.2, -0.15) is 0 Å². The maximum Gasteiger partial charge on any atom is 0.163 e. The molecule has 0 bridgehead atoms. The van der Waals surface area contributed by atoms with Crippen LogP contribution in [0.5, 0.6) is 0 Å². The molecule has 0 N–H and O–H groups in total. The SMILES string of the molecule is Cc1ccc(-n2ccnc2-c2cccc(-c3nc(C(C)(C)C)nc(C(C)(C)C)n3)c2)c(C)c1. The van der Waals surface area contributed by atoms with Crippen LogP contribution in [0, 0.1) is 13.8 Å². The molecular formula is C28H33N5. The molecule has 0 aliphatic heterocycles. The molecule has 5 heteroatoms. The van der Waals surface area contributed by atoms with Crippen LogP contribution in [-0.2, 0) is 10.8 Å². The molecular weight excluding hydrogens is 406 g/mol. The van der Waals surface area contributed by atoms with Gasteiger partial charge in [0, 0.05) is 40.0 Å². The fourth-order valence-corrected chi connectivity index (χ4v) is 3.76. The van der Waals surface area contributed by atoms with E-state index in [-0.39, 0.29) is 10.8 Å². The Labute approximate surface area is 197 Å². The zero-order valence-corrected chi connectivity index (χ0v) is 20.9. The minimum Gasteiger partial charge on any atom is -0.300 e. The fraction of sp³-hybridized carbons (Fsp3) is 0.357. The summed E-state index contributed by atoms with van der Waals surface area (Å²) in [4.78, 5) is 19.2. The van der Waals surface area contributed by atoms with Crippen molar-refractivity contribution in [2.75, 3.05) is 0 Å². The molecule has 5 nitrogen and oxygen atoms in total. The van der Waals surface area contributed by atoms with E-state index >= 15 is 0 Å². The third-order valence-corrected chi connectivity index (χ3v) is 5.61. The van der Waals surface area contributed by atoms with Crippen LogP contribution in [0.1, 0.15) is 64.3 Å². The third kappa shape index (κ3) is 4.72. The lowest BCUT2D eigenvalue weighted by molar-refractivity contribution is 0.497. The molecule has 0 amide bonds. The highest BCUT2D eigenvalue weighted by Gasteiger charge is 2.25. The van der Waals surface area contributed by atoms with E-state index in [9.17, 15) is 0 Å². The second-order valence-corrected chi connectivity index (χ2v) is 10.8. The highest BCUT2D eigenvalue weighted by Crippen LogP contribution is 2.30. The van der Waals surface area contributed by atoms with Crippen molar-refractivity contribution in [2.24, 2.45) is 0 Å². The van der Waals surface area contributed by atoms with E-state index in [1.54, 1.807) is 0 Å². The van der Waals surface area contributed by atoms with Crippen molar-refractivity contribution in [1.29, 1.82) is 0 Å². The zero-order valence-electron chi connectivity index (χ0n) is 20.9. The molecule has 4 rings (SSSR count). The first-order valence-corrected chi connectivity index (χ1v) is 11.4. The van der Waals surface area contributed by atoms with Gasteiger partial charge >= 0.3 is 0 Å². The number of aromatic nitrogens is 5. The van der Waals surface area contributed by atoms with Crippen LogP contribution in [0.15, 0.2) is 54.9 Å². The number of rotatable bonds is 3. The van der Waals surface area contributed by atoms with Gasteiger partial charge in [-0.3, -0.25) is 4.57 Å². The predicted molar refractivity (Wildman–Crippen MR) is 135 cm³/mol. The fourth-order valence-electron chi connectivity index (χ4n) is 3.76. The van der Waals surface area contributed by atoms with Crippen LogP contribution < -0.4 is 0 Å². The van der Waals surface area contributed by atoms with Gasteiger partial charge in [-0.05, 0) is 31.5 Å². The van der Waals surface area contributed by atoms with E-state index in [0.29, 0.717) is 5.82 Å². The monoisotopic (exact) mass is 439 g/mol. The standard InChI is InChI=1S/C28H33N5/c1-18-12-13-22(19(2)16-18)33-15-14-29-24(33)21-11-9-10-20(17-21)23-30-25(27(3,4)5)32-26(31-23)28(6,7)8/h9-17H,1-8H3. The summed E-state index contributed by atoms with van der Waals surface area (Å²) in [5.74, 6) is 3.20. The number of aryl methyl sites for hydroxylation is 2. The van der Waals surface area contributed by atoms with Gasteiger partial charge in [-0.1, -0.05) is 77.4 Å². The first kappa shape index (κ1) is 22.8. The predicted octanol–water partition coefficient (Wildman–Crippen LogP) is 6.60. The van der Waals surface area contributed by atoms with Crippen molar-refractivity contribution in [3.05, 3.63) is 77.6 Å². The summed E-state index contributed by atoms with van der Waals surface area (Å²) >= 11 is 0. The van der Waals surface area contributed by atoms with Crippen LogP contribution in [-0.4, -0.2) is 24.5 Å². The topological polar surface area (TPSA) is 56.5 Å². The van der Waals surface area contributed by atoms with Gasteiger partial charge < -0.3 is 0 Å². The van der Waals surface area contributed by atoms with Crippen molar-refractivity contribution < 1.29 is 0 Å². The Morgan fingerprint density at radius 1 is 0.727 bits per heavy atom. The summed E-state index contributed by atoms with van der Waals surface area (Å²) in [5, 5.41) is 0. The molecule has 0 saturated heterocycles. The molecule has 0 aliphatic rings. The number of hydrogen-bond acceptors (Lipinski definition) is 4. The van der Waals surface area contributed by atoms with Crippen LogP contribution in [0.2, 0.25) is 0 Å². The van der Waals surface area contributed by atoms with Crippen LogP contribution >= 0.6 is 0 Å². The Morgan fingerprint density at radius 2 is 1.36 bits per heavy atom. The Hall–Kier alpha value is -3.34. The lowest BCUT2D eigenvalue weighted by atomic mass is 9.93. The van der Waals surface area contributed by atoms with Gasteiger partial charge in [-0.25, -0.2) is 19.9 Å². The number of imidazole rings is 1. The maximum atomic E-state index is 4.87. The summed E-state index contributed by atoms with van der Waals surface area (Å²) in [5.41, 5.74) is 5.23. The molecule has 0 atom stereocenters. The van der Waals surface area contributed by atoms with Crippen molar-refractivity contribution in [3.63, 3.8) is 0 Å². The van der Waals surface area contributed by atoms with Gasteiger partial charge in [0.15, 0.2) is 5.82 Å². The van der Waals surface area contributed by atoms with Gasteiger partial charge in [0.25, 0.3) is 0 Å². The lowest BCUT2D eigenvalue weighted by Crippen LogP contribution is -2.24. The molecule has 2 aromatic carbocycles. The third-order valence-electron chi connectivity index (χ3n) is 5.61. The summed E-state index contributed by atoms with van der Waals surface area (Å²) in [6.45, 7) is 17.1. The van der Waals surface area contributed by atoms with Crippen molar-refractivity contribution in [3.8, 4) is 28.5 Å². The summed E-state index contributed by atoms with van der Waals surface area (Å²) in [7, 11) is 0. The average Bonchev–Trinajstić information content (AvgIpc) is 3.22. The molecule has 0 aliphatic carbocycles. The molecule has 0 unspecified atom stereocenters. The molecule has 0 spiro atoms. The quantitative estimate of drug-likeness (QED) is 0.361. The first-order valence-electron chi connectivity index (χ1n) is 11.4. The highest BCUT2D eigenvalue weighted by molar-refractivity contribution is 5.68. The second kappa shape index (κ2) is 8.22. The van der Waals surface area contributed by atoms with Crippen molar-refractivity contribution in [2.45, 2.75) is 66.2 Å². The first-order chi connectivity index (χ1) is 15.4. The molecule has 0 saturated carbocycles. The van der Waals surface area contributed by atoms with Gasteiger partial charge in [-0.15, -0.1) is 0 Å². The normalized spacial score (nSPS) is 12.2. The lowest BCUT2D eigenvalue weighted by Gasteiger charge is -2.22. The molecule has 2 aromatic heterocycles. The van der Waals surface area contributed by atoms with E-state index < -0.39 is 0 Å². The van der Waals surface area contributed by atoms with Crippen molar-refractivity contribution >= 4 is 0 Å². The van der Waals surface area contributed by atoms with Crippen LogP contribution in [0.4, 0.5) is 0 Å². The Morgan fingerprint density at radius 3 is 1.97 bits per heavy atom. The largest absolute Gasteiger partial charge is 0.300 e.